The second-order valence-corrected chi connectivity index (χ2v) is 8.34. The summed E-state index contributed by atoms with van der Waals surface area (Å²) < 4.78 is 25.6. The standard InChI is InChI=1S/C22H33FN2O6/c1-22(2,3)31-21(29)25-16(12-13-18(24)26)14-30-17-10-7-9-15(20(17)23)8-5-4-6-11-19(27)28/h7,9-10,16H,4-6,8,11-14H2,1-3H3,(H2,24,26)(H,25,29)(H,27,28)/t16-/m0/s1. The van der Waals surface area contributed by atoms with E-state index in [-0.39, 0.29) is 31.6 Å². The van der Waals surface area contributed by atoms with Crippen LogP contribution in [0.1, 0.15) is 64.9 Å². The molecule has 0 radical (unpaired) electrons. The molecule has 0 aromatic heterocycles. The summed E-state index contributed by atoms with van der Waals surface area (Å²) in [5.74, 6) is -1.82. The molecule has 0 aliphatic carbocycles. The van der Waals surface area contributed by atoms with E-state index in [0.29, 0.717) is 31.2 Å². The van der Waals surface area contributed by atoms with Crippen LogP contribution in [-0.4, -0.2) is 41.3 Å². The van der Waals surface area contributed by atoms with Gasteiger partial charge in [-0.2, -0.15) is 0 Å². The molecule has 0 saturated heterocycles. The van der Waals surface area contributed by atoms with Crippen molar-refractivity contribution in [3.63, 3.8) is 0 Å². The van der Waals surface area contributed by atoms with Gasteiger partial charge in [0.2, 0.25) is 5.91 Å². The van der Waals surface area contributed by atoms with E-state index in [2.05, 4.69) is 5.32 Å². The van der Waals surface area contributed by atoms with E-state index in [9.17, 15) is 18.8 Å². The summed E-state index contributed by atoms with van der Waals surface area (Å²) in [4.78, 5) is 33.7. The number of hydrogen-bond acceptors (Lipinski definition) is 5. The zero-order valence-corrected chi connectivity index (χ0v) is 18.4. The summed E-state index contributed by atoms with van der Waals surface area (Å²) in [5.41, 5.74) is 4.98. The number of aryl methyl sites for hydroxylation is 1. The molecule has 0 aliphatic rings. The van der Waals surface area contributed by atoms with Crippen molar-refractivity contribution in [1.29, 1.82) is 0 Å². The van der Waals surface area contributed by atoms with Crippen LogP contribution in [0, 0.1) is 5.82 Å². The maximum Gasteiger partial charge on any atom is 0.407 e. The molecule has 0 heterocycles. The van der Waals surface area contributed by atoms with Crippen molar-refractivity contribution in [3.8, 4) is 5.75 Å². The number of nitrogens with one attached hydrogen (secondary N) is 1. The van der Waals surface area contributed by atoms with Gasteiger partial charge in [-0.05, 0) is 58.1 Å². The molecular formula is C22H33FN2O6. The van der Waals surface area contributed by atoms with Crippen LogP contribution in [0.4, 0.5) is 9.18 Å². The molecule has 1 rings (SSSR count). The lowest BCUT2D eigenvalue weighted by Crippen LogP contribution is -2.42. The van der Waals surface area contributed by atoms with E-state index in [1.165, 1.54) is 6.07 Å². The van der Waals surface area contributed by atoms with Gasteiger partial charge in [0.05, 0.1) is 6.04 Å². The highest BCUT2D eigenvalue weighted by molar-refractivity contribution is 5.74. The summed E-state index contributed by atoms with van der Waals surface area (Å²) in [5, 5.41) is 11.3. The van der Waals surface area contributed by atoms with Gasteiger partial charge >= 0.3 is 12.1 Å². The fraction of sp³-hybridized carbons (Fsp3) is 0.591. The van der Waals surface area contributed by atoms with Crippen molar-refractivity contribution in [1.82, 2.24) is 5.32 Å². The van der Waals surface area contributed by atoms with Crippen LogP contribution in [0.3, 0.4) is 0 Å². The molecule has 174 valence electrons. The molecule has 0 saturated carbocycles. The van der Waals surface area contributed by atoms with E-state index >= 15 is 0 Å². The number of nitrogens with two attached hydrogens (primary N) is 1. The minimum atomic E-state index is -0.840. The lowest BCUT2D eigenvalue weighted by Gasteiger charge is -2.24. The Morgan fingerprint density at radius 2 is 1.87 bits per heavy atom. The number of aliphatic carboxylic acids is 1. The van der Waals surface area contributed by atoms with Crippen LogP contribution < -0.4 is 15.8 Å². The number of carbonyl (C=O) groups is 3. The number of hydrogen-bond donors (Lipinski definition) is 3. The Bertz CT molecular complexity index is 748. The van der Waals surface area contributed by atoms with Gasteiger partial charge in [-0.15, -0.1) is 0 Å². The van der Waals surface area contributed by atoms with Gasteiger partial charge < -0.3 is 25.6 Å². The summed E-state index contributed by atoms with van der Waals surface area (Å²) in [6.07, 6.45) is 2.04. The highest BCUT2D eigenvalue weighted by Crippen LogP contribution is 2.23. The third kappa shape index (κ3) is 11.8. The first kappa shape index (κ1) is 26.2. The van der Waals surface area contributed by atoms with Crippen molar-refractivity contribution in [2.75, 3.05) is 6.61 Å². The molecule has 2 amide bonds. The monoisotopic (exact) mass is 440 g/mol. The molecule has 8 nitrogen and oxygen atoms in total. The summed E-state index contributed by atoms with van der Waals surface area (Å²) in [6.45, 7) is 5.11. The molecule has 0 aliphatic heterocycles. The molecular weight excluding hydrogens is 407 g/mol. The minimum absolute atomic E-state index is 0.0304. The molecule has 1 aromatic rings. The van der Waals surface area contributed by atoms with Crippen LogP contribution >= 0.6 is 0 Å². The maximum atomic E-state index is 14.8. The normalized spacial score (nSPS) is 12.1. The van der Waals surface area contributed by atoms with Gasteiger partial charge in [0.25, 0.3) is 0 Å². The number of unbranched alkanes of at least 4 members (excludes halogenated alkanes) is 2. The first-order valence-electron chi connectivity index (χ1n) is 10.4. The Morgan fingerprint density at radius 1 is 1.16 bits per heavy atom. The summed E-state index contributed by atoms with van der Waals surface area (Å²) in [7, 11) is 0. The number of ether oxygens (including phenoxy) is 2. The first-order valence-corrected chi connectivity index (χ1v) is 10.4. The number of rotatable bonds is 13. The van der Waals surface area contributed by atoms with Gasteiger partial charge in [-0.25, -0.2) is 9.18 Å². The third-order valence-electron chi connectivity index (χ3n) is 4.28. The van der Waals surface area contributed by atoms with Crippen molar-refractivity contribution in [3.05, 3.63) is 29.6 Å². The number of benzene rings is 1. The highest BCUT2D eigenvalue weighted by Gasteiger charge is 2.21. The average molecular weight is 441 g/mol. The topological polar surface area (TPSA) is 128 Å². The number of carboxylic acids is 1. The zero-order valence-electron chi connectivity index (χ0n) is 18.4. The lowest BCUT2D eigenvalue weighted by molar-refractivity contribution is -0.137. The first-order chi connectivity index (χ1) is 14.5. The molecule has 0 fully saturated rings. The third-order valence-corrected chi connectivity index (χ3v) is 4.28. The van der Waals surface area contributed by atoms with Crippen molar-refractivity contribution >= 4 is 18.0 Å². The smallest absolute Gasteiger partial charge is 0.407 e. The predicted molar refractivity (Wildman–Crippen MR) is 113 cm³/mol. The number of alkyl carbamates (subject to hydrolysis) is 1. The van der Waals surface area contributed by atoms with E-state index in [4.69, 9.17) is 20.3 Å². The molecule has 0 bridgehead atoms. The number of amides is 2. The Kier molecular flexibility index (Phi) is 10.8. The Labute approximate surface area is 182 Å². The van der Waals surface area contributed by atoms with Gasteiger partial charge in [-0.3, -0.25) is 9.59 Å². The van der Waals surface area contributed by atoms with Gasteiger partial charge in [-0.1, -0.05) is 18.6 Å². The zero-order chi connectivity index (χ0) is 23.4. The number of halogens is 1. The molecule has 1 aromatic carbocycles. The van der Waals surface area contributed by atoms with E-state index in [1.54, 1.807) is 32.9 Å². The van der Waals surface area contributed by atoms with Gasteiger partial charge in [0.1, 0.15) is 12.2 Å². The molecule has 1 atom stereocenters. The van der Waals surface area contributed by atoms with Crippen molar-refractivity contribution in [2.45, 2.75) is 77.4 Å². The minimum Gasteiger partial charge on any atom is -0.488 e. The number of primary amides is 1. The molecule has 9 heteroatoms. The van der Waals surface area contributed by atoms with Crippen molar-refractivity contribution in [2.24, 2.45) is 5.73 Å². The van der Waals surface area contributed by atoms with E-state index in [0.717, 1.165) is 0 Å². The van der Waals surface area contributed by atoms with Crippen LogP contribution in [0.15, 0.2) is 18.2 Å². The predicted octanol–water partition coefficient (Wildman–Crippen LogP) is 3.55. The molecule has 4 N–H and O–H groups in total. The summed E-state index contributed by atoms with van der Waals surface area (Å²) >= 11 is 0. The van der Waals surface area contributed by atoms with Gasteiger partial charge in [0, 0.05) is 12.8 Å². The average Bonchev–Trinajstić information content (AvgIpc) is 2.63. The fourth-order valence-corrected chi connectivity index (χ4v) is 2.81. The van der Waals surface area contributed by atoms with Crippen LogP contribution in [0.25, 0.3) is 0 Å². The number of carboxylic acid groups (broad SMARTS) is 1. The SMILES string of the molecule is CC(C)(C)OC(=O)N[C@@H](CCC(N)=O)COc1cccc(CCCCCC(=O)O)c1F. The fourth-order valence-electron chi connectivity index (χ4n) is 2.81. The van der Waals surface area contributed by atoms with E-state index in [1.807, 2.05) is 0 Å². The van der Waals surface area contributed by atoms with Crippen LogP contribution in [0.5, 0.6) is 5.75 Å². The number of carbonyl (C=O) groups excluding carboxylic acids is 2. The highest BCUT2D eigenvalue weighted by atomic mass is 19.1. The molecule has 0 spiro atoms. The van der Waals surface area contributed by atoms with Crippen LogP contribution in [-0.2, 0) is 20.7 Å². The Morgan fingerprint density at radius 3 is 2.48 bits per heavy atom. The second kappa shape index (κ2) is 12.8. The Hall–Kier alpha value is -2.84. The largest absolute Gasteiger partial charge is 0.488 e. The van der Waals surface area contributed by atoms with Gasteiger partial charge in [0.15, 0.2) is 11.6 Å². The van der Waals surface area contributed by atoms with E-state index < -0.39 is 35.4 Å². The maximum absolute atomic E-state index is 14.8. The van der Waals surface area contributed by atoms with Crippen LogP contribution in [0.2, 0.25) is 0 Å². The molecule has 31 heavy (non-hydrogen) atoms. The molecule has 0 unspecified atom stereocenters. The lowest BCUT2D eigenvalue weighted by atomic mass is 10.1. The quantitative estimate of drug-likeness (QED) is 0.403. The Balaban J connectivity index is 2.68. The van der Waals surface area contributed by atoms with Crippen molar-refractivity contribution < 1.29 is 33.4 Å². The summed E-state index contributed by atoms with van der Waals surface area (Å²) in [6, 6.07) is 4.22. The second-order valence-electron chi connectivity index (χ2n) is 8.34.